The molecule has 240 valence electrons. The van der Waals surface area contributed by atoms with E-state index in [0.29, 0.717) is 12.1 Å². The fourth-order valence-electron chi connectivity index (χ4n) is 5.98. The highest BCUT2D eigenvalue weighted by Gasteiger charge is 2.28. The van der Waals surface area contributed by atoms with Crippen molar-refractivity contribution in [3.63, 3.8) is 0 Å². The highest BCUT2D eigenvalue weighted by atomic mass is 16.6. The van der Waals surface area contributed by atoms with Crippen LogP contribution in [-0.2, 0) is 16.0 Å². The fourth-order valence-corrected chi connectivity index (χ4v) is 5.98. The predicted molar refractivity (Wildman–Crippen MR) is 178 cm³/mol. The molecule has 9 nitrogen and oxygen atoms in total. The molecule has 1 amide bonds. The minimum Gasteiger partial charge on any atom is -0.447 e. The van der Waals surface area contributed by atoms with Gasteiger partial charge in [-0.15, -0.1) is 0 Å². The van der Waals surface area contributed by atoms with Crippen LogP contribution in [0.3, 0.4) is 0 Å². The third-order valence-corrected chi connectivity index (χ3v) is 8.55. The van der Waals surface area contributed by atoms with Crippen molar-refractivity contribution in [1.29, 1.82) is 0 Å². The summed E-state index contributed by atoms with van der Waals surface area (Å²) in [7, 11) is 1.75. The molecule has 3 aromatic rings. The maximum atomic E-state index is 13.5. The molecule has 0 atom stereocenters. The molecule has 2 aliphatic rings. The van der Waals surface area contributed by atoms with E-state index in [1.807, 2.05) is 54.6 Å². The first-order chi connectivity index (χ1) is 22.1. The summed E-state index contributed by atoms with van der Waals surface area (Å²) in [6.07, 6.45) is 2.83. The summed E-state index contributed by atoms with van der Waals surface area (Å²) in [5.41, 5.74) is 4.74. The lowest BCUT2D eigenvalue weighted by molar-refractivity contribution is 0.0938. The second-order valence-electron chi connectivity index (χ2n) is 11.7. The smallest absolute Gasteiger partial charge is 0.429 e. The molecule has 0 aromatic heterocycles. The van der Waals surface area contributed by atoms with Crippen molar-refractivity contribution >= 4 is 17.6 Å². The molecular formula is C36H47N5O4. The van der Waals surface area contributed by atoms with Crippen molar-refractivity contribution < 1.29 is 19.1 Å². The summed E-state index contributed by atoms with van der Waals surface area (Å²) in [5, 5.41) is 6.95. The highest BCUT2D eigenvalue weighted by Crippen LogP contribution is 2.33. The molecule has 0 unspecified atom stereocenters. The van der Waals surface area contributed by atoms with Gasteiger partial charge in [0.15, 0.2) is 5.78 Å². The van der Waals surface area contributed by atoms with E-state index in [1.165, 1.54) is 5.56 Å². The van der Waals surface area contributed by atoms with Crippen LogP contribution in [-0.4, -0.2) is 106 Å². The van der Waals surface area contributed by atoms with E-state index in [-0.39, 0.29) is 18.9 Å². The van der Waals surface area contributed by atoms with E-state index >= 15 is 0 Å². The number of ketones is 1. The summed E-state index contributed by atoms with van der Waals surface area (Å²) in [6, 6.07) is 26.0. The van der Waals surface area contributed by atoms with Gasteiger partial charge in [0.1, 0.15) is 6.61 Å². The summed E-state index contributed by atoms with van der Waals surface area (Å²) < 4.78 is 11.0. The molecule has 2 saturated heterocycles. The van der Waals surface area contributed by atoms with Crippen LogP contribution in [0.4, 0.5) is 10.5 Å². The molecule has 2 heterocycles. The zero-order valence-electron chi connectivity index (χ0n) is 26.5. The largest absolute Gasteiger partial charge is 0.447 e. The minimum atomic E-state index is -0.402. The molecule has 5 rings (SSSR count). The summed E-state index contributed by atoms with van der Waals surface area (Å²) in [6.45, 7) is 9.17. The Balaban J connectivity index is 1.09. The Morgan fingerprint density at radius 3 is 2.20 bits per heavy atom. The molecule has 3 aromatic carbocycles. The Labute approximate surface area is 267 Å². The first-order valence-electron chi connectivity index (χ1n) is 16.2. The number of amides is 1. The van der Waals surface area contributed by atoms with Gasteiger partial charge in [-0.1, -0.05) is 79.2 Å². The molecule has 2 aliphatic heterocycles. The van der Waals surface area contributed by atoms with E-state index in [4.69, 9.17) is 9.47 Å². The van der Waals surface area contributed by atoms with Gasteiger partial charge in [0.05, 0.1) is 18.8 Å². The summed E-state index contributed by atoms with van der Waals surface area (Å²) >= 11 is 0. The van der Waals surface area contributed by atoms with Crippen molar-refractivity contribution in [2.24, 2.45) is 0 Å². The number of hydrazine groups is 1. The zero-order valence-corrected chi connectivity index (χ0v) is 26.5. The lowest BCUT2D eigenvalue weighted by atomic mass is 10.0. The van der Waals surface area contributed by atoms with Gasteiger partial charge in [0.25, 0.3) is 0 Å². The van der Waals surface area contributed by atoms with Gasteiger partial charge < -0.3 is 14.8 Å². The summed E-state index contributed by atoms with van der Waals surface area (Å²) in [4.78, 5) is 31.3. The number of hydrogen-bond donors (Lipinski definition) is 1. The number of rotatable bonds is 14. The SMILES string of the molecule is COCCN1CCN(Cc2ccc(C(=O)CNCCOC(=O)N(c3ccccc3-c3ccccc3)N3CCCCC3)cc2)CC1. The molecule has 45 heavy (non-hydrogen) atoms. The lowest BCUT2D eigenvalue weighted by Gasteiger charge is -2.37. The number of Topliss-reactive ketones (excluding diaryl/α,β-unsaturated/α-hetero) is 1. The van der Waals surface area contributed by atoms with Crippen LogP contribution < -0.4 is 10.3 Å². The van der Waals surface area contributed by atoms with Crippen LogP contribution >= 0.6 is 0 Å². The molecule has 1 N–H and O–H groups in total. The average Bonchev–Trinajstić information content (AvgIpc) is 3.09. The summed E-state index contributed by atoms with van der Waals surface area (Å²) in [5.74, 6) is 0.0198. The minimum absolute atomic E-state index is 0.0198. The van der Waals surface area contributed by atoms with E-state index in [1.54, 1.807) is 12.1 Å². The monoisotopic (exact) mass is 613 g/mol. The van der Waals surface area contributed by atoms with E-state index in [2.05, 4.69) is 44.4 Å². The number of carbonyl (C=O) groups excluding carboxylic acids is 2. The first-order valence-corrected chi connectivity index (χ1v) is 16.2. The molecule has 2 fully saturated rings. The van der Waals surface area contributed by atoms with E-state index in [9.17, 15) is 9.59 Å². The molecular weight excluding hydrogens is 566 g/mol. The van der Waals surface area contributed by atoms with Gasteiger partial charge in [0, 0.05) is 77.1 Å². The van der Waals surface area contributed by atoms with Crippen LogP contribution in [0.25, 0.3) is 11.1 Å². The van der Waals surface area contributed by atoms with Crippen molar-refractivity contribution in [2.75, 3.05) is 84.2 Å². The molecule has 9 heteroatoms. The second kappa shape index (κ2) is 17.2. The molecule has 0 saturated carbocycles. The maximum Gasteiger partial charge on any atom is 0.429 e. The first kappa shape index (κ1) is 32.8. The quantitative estimate of drug-likeness (QED) is 0.203. The van der Waals surface area contributed by atoms with Crippen LogP contribution in [0.2, 0.25) is 0 Å². The molecule has 0 spiro atoms. The Kier molecular flexibility index (Phi) is 12.5. The Bertz CT molecular complexity index is 1340. The number of nitrogens with one attached hydrogen (secondary N) is 1. The van der Waals surface area contributed by atoms with E-state index in [0.717, 1.165) is 95.0 Å². The van der Waals surface area contributed by atoms with Gasteiger partial charge in [0.2, 0.25) is 0 Å². The number of anilines is 1. The predicted octanol–water partition coefficient (Wildman–Crippen LogP) is 4.93. The Morgan fingerprint density at radius 2 is 1.47 bits per heavy atom. The number of carbonyl (C=O) groups is 2. The average molecular weight is 614 g/mol. The zero-order chi connectivity index (χ0) is 31.3. The van der Waals surface area contributed by atoms with Gasteiger partial charge in [-0.3, -0.25) is 14.6 Å². The van der Waals surface area contributed by atoms with Crippen LogP contribution in [0.15, 0.2) is 78.9 Å². The van der Waals surface area contributed by atoms with Crippen LogP contribution in [0, 0.1) is 0 Å². The number of piperidine rings is 1. The number of piperazine rings is 1. The number of ether oxygens (including phenoxy) is 2. The third kappa shape index (κ3) is 9.45. The van der Waals surface area contributed by atoms with Crippen molar-refractivity contribution in [3.05, 3.63) is 90.0 Å². The lowest BCUT2D eigenvalue weighted by Crippen LogP contribution is -2.50. The molecule has 0 radical (unpaired) electrons. The topological polar surface area (TPSA) is 77.6 Å². The fraction of sp³-hybridized carbons (Fsp3) is 0.444. The van der Waals surface area contributed by atoms with E-state index < -0.39 is 6.09 Å². The Hall–Kier alpha value is -3.60. The highest BCUT2D eigenvalue weighted by molar-refractivity contribution is 5.97. The van der Waals surface area contributed by atoms with Gasteiger partial charge in [-0.25, -0.2) is 14.8 Å². The van der Waals surface area contributed by atoms with Crippen LogP contribution in [0.5, 0.6) is 0 Å². The number of hydrogen-bond acceptors (Lipinski definition) is 8. The van der Waals surface area contributed by atoms with Gasteiger partial charge in [-0.2, -0.15) is 0 Å². The normalized spacial score (nSPS) is 16.4. The molecule has 0 bridgehead atoms. The van der Waals surface area contributed by atoms with Gasteiger partial charge in [-0.05, 0) is 30.0 Å². The molecule has 0 aliphatic carbocycles. The maximum absolute atomic E-state index is 13.5. The third-order valence-electron chi connectivity index (χ3n) is 8.55. The number of methoxy groups -OCH3 is 1. The van der Waals surface area contributed by atoms with Crippen molar-refractivity contribution in [1.82, 2.24) is 20.1 Å². The van der Waals surface area contributed by atoms with Gasteiger partial charge >= 0.3 is 6.09 Å². The Morgan fingerprint density at radius 1 is 0.778 bits per heavy atom. The van der Waals surface area contributed by atoms with Crippen LogP contribution in [0.1, 0.15) is 35.2 Å². The number of para-hydroxylation sites is 1. The van der Waals surface area contributed by atoms with Crippen molar-refractivity contribution in [2.45, 2.75) is 25.8 Å². The standard InChI is InChI=1S/C36H47N5O4/c1-44-27-25-38-21-23-39(24-22-38)29-30-14-16-32(17-15-30)35(42)28-37-18-26-45-36(43)41(40-19-8-3-9-20-40)34-13-7-6-12-33(34)31-10-4-2-5-11-31/h2,4-7,10-17,37H,3,8-9,18-29H2,1H3. The van der Waals surface area contributed by atoms with Crippen molar-refractivity contribution in [3.8, 4) is 11.1 Å². The number of nitrogens with zero attached hydrogens (tertiary/aromatic N) is 4. The number of benzene rings is 3. The second-order valence-corrected chi connectivity index (χ2v) is 11.7.